The van der Waals surface area contributed by atoms with Gasteiger partial charge in [0.15, 0.2) is 5.43 Å². The summed E-state index contributed by atoms with van der Waals surface area (Å²) < 4.78 is 7.11. The fourth-order valence-corrected chi connectivity index (χ4v) is 4.46. The zero-order valence-electron chi connectivity index (χ0n) is 17.0. The number of aliphatic hydroxyl groups excluding tert-OH is 1. The SMILES string of the molecule is O=c1ccc(O)c2c(O)c3c(=NCCN4CCOCC4)ccc4c3c([nH]n4CCO)c12. The van der Waals surface area contributed by atoms with E-state index in [9.17, 15) is 20.1 Å². The van der Waals surface area contributed by atoms with Gasteiger partial charge in [0.1, 0.15) is 11.5 Å². The molecule has 0 radical (unpaired) electrons. The molecule has 2 heterocycles. The van der Waals surface area contributed by atoms with E-state index in [1.54, 1.807) is 4.68 Å². The first-order chi connectivity index (χ1) is 15.1. The quantitative estimate of drug-likeness (QED) is 0.350. The first-order valence-corrected chi connectivity index (χ1v) is 10.4. The third-order valence-electron chi connectivity index (χ3n) is 5.94. The van der Waals surface area contributed by atoms with E-state index in [4.69, 9.17) is 9.73 Å². The number of fused-ring (bicyclic) bond motifs is 2. The Bertz CT molecular complexity index is 1380. The van der Waals surface area contributed by atoms with Crippen molar-refractivity contribution in [2.24, 2.45) is 4.99 Å². The third kappa shape index (κ3) is 3.21. The van der Waals surface area contributed by atoms with Crippen molar-refractivity contribution in [3.63, 3.8) is 0 Å². The second-order valence-electron chi connectivity index (χ2n) is 7.73. The van der Waals surface area contributed by atoms with Crippen LogP contribution in [0, 0.1) is 0 Å². The largest absolute Gasteiger partial charge is 0.507 e. The van der Waals surface area contributed by atoms with Gasteiger partial charge in [-0.2, -0.15) is 0 Å². The second kappa shape index (κ2) is 7.84. The van der Waals surface area contributed by atoms with Crippen molar-refractivity contribution in [1.82, 2.24) is 14.7 Å². The highest BCUT2D eigenvalue weighted by atomic mass is 16.5. The zero-order chi connectivity index (χ0) is 21.5. The Kier molecular flexibility index (Phi) is 5.01. The lowest BCUT2D eigenvalue weighted by Gasteiger charge is -2.25. The van der Waals surface area contributed by atoms with Gasteiger partial charge < -0.3 is 20.1 Å². The van der Waals surface area contributed by atoms with Crippen molar-refractivity contribution in [2.45, 2.75) is 6.54 Å². The Morgan fingerprint density at radius 1 is 1.00 bits per heavy atom. The Morgan fingerprint density at radius 3 is 2.58 bits per heavy atom. The molecule has 0 spiro atoms. The summed E-state index contributed by atoms with van der Waals surface area (Å²) >= 11 is 0. The molecular formula is C22H24N4O5. The molecule has 0 amide bonds. The van der Waals surface area contributed by atoms with E-state index >= 15 is 0 Å². The molecule has 1 aliphatic heterocycles. The van der Waals surface area contributed by atoms with Gasteiger partial charge in [-0.3, -0.25) is 24.5 Å². The van der Waals surface area contributed by atoms with Gasteiger partial charge in [0.2, 0.25) is 0 Å². The van der Waals surface area contributed by atoms with E-state index in [2.05, 4.69) is 10.00 Å². The number of aliphatic hydroxyl groups is 1. The van der Waals surface area contributed by atoms with Crippen molar-refractivity contribution in [3.8, 4) is 11.5 Å². The fraction of sp³-hybridized carbons (Fsp3) is 0.364. The minimum absolute atomic E-state index is 0.0897. The second-order valence-corrected chi connectivity index (χ2v) is 7.73. The number of aromatic amines is 1. The summed E-state index contributed by atoms with van der Waals surface area (Å²) in [5, 5.41) is 36.3. The van der Waals surface area contributed by atoms with Gasteiger partial charge in [-0.1, -0.05) is 0 Å². The van der Waals surface area contributed by atoms with E-state index in [0.29, 0.717) is 34.7 Å². The highest BCUT2D eigenvalue weighted by Gasteiger charge is 2.22. The van der Waals surface area contributed by atoms with Crippen LogP contribution >= 0.6 is 0 Å². The van der Waals surface area contributed by atoms with E-state index in [1.165, 1.54) is 12.1 Å². The van der Waals surface area contributed by atoms with E-state index < -0.39 is 0 Å². The van der Waals surface area contributed by atoms with Crippen LogP contribution in [0.5, 0.6) is 11.5 Å². The van der Waals surface area contributed by atoms with Gasteiger partial charge in [0.25, 0.3) is 0 Å². The predicted molar refractivity (Wildman–Crippen MR) is 117 cm³/mol. The number of benzene rings is 3. The number of aromatic nitrogens is 2. The molecule has 0 unspecified atom stereocenters. The maximum Gasteiger partial charge on any atom is 0.189 e. The lowest BCUT2D eigenvalue weighted by Crippen LogP contribution is -2.37. The summed E-state index contributed by atoms with van der Waals surface area (Å²) in [7, 11) is 0. The molecule has 162 valence electrons. The monoisotopic (exact) mass is 424 g/mol. The average molecular weight is 424 g/mol. The summed E-state index contributed by atoms with van der Waals surface area (Å²) in [6.45, 7) is 4.71. The summed E-state index contributed by atoms with van der Waals surface area (Å²) in [5.74, 6) is -0.333. The molecule has 4 aromatic rings. The highest BCUT2D eigenvalue weighted by molar-refractivity contribution is 6.23. The lowest BCUT2D eigenvalue weighted by atomic mass is 9.99. The summed E-state index contributed by atoms with van der Waals surface area (Å²) in [6.07, 6.45) is 0. The van der Waals surface area contributed by atoms with E-state index in [-0.39, 0.29) is 34.3 Å². The van der Waals surface area contributed by atoms with Crippen LogP contribution in [0.1, 0.15) is 0 Å². The van der Waals surface area contributed by atoms with Gasteiger partial charge in [-0.05, 0) is 24.3 Å². The highest BCUT2D eigenvalue weighted by Crippen LogP contribution is 2.41. The molecule has 9 heteroatoms. The van der Waals surface area contributed by atoms with Crippen LogP contribution in [0.3, 0.4) is 0 Å². The Morgan fingerprint density at radius 2 is 1.81 bits per heavy atom. The maximum absolute atomic E-state index is 12.7. The number of hydrogen-bond acceptors (Lipinski definition) is 7. The molecule has 3 aromatic carbocycles. The molecule has 5 rings (SSSR count). The van der Waals surface area contributed by atoms with Gasteiger partial charge in [0.05, 0.1) is 65.5 Å². The van der Waals surface area contributed by atoms with Crippen molar-refractivity contribution < 1.29 is 20.1 Å². The van der Waals surface area contributed by atoms with Crippen LogP contribution in [0.2, 0.25) is 0 Å². The van der Waals surface area contributed by atoms with Crippen molar-refractivity contribution >= 4 is 32.6 Å². The standard InChI is InChI=1S/C22H24N4O5/c27-10-7-26-14-2-1-13(23-5-6-25-8-11-31-12-9-25)17-18(14)21(24-26)19-15(28)3-4-16(29)20(19)22(17)30/h1-4,24,27,29-30H,5-12H2. The van der Waals surface area contributed by atoms with Crippen LogP contribution < -0.4 is 10.8 Å². The molecule has 9 nitrogen and oxygen atoms in total. The smallest absolute Gasteiger partial charge is 0.189 e. The molecule has 1 aliphatic rings. The number of ether oxygens (including phenoxy) is 1. The van der Waals surface area contributed by atoms with Crippen LogP contribution in [0.4, 0.5) is 0 Å². The number of morpholine rings is 1. The van der Waals surface area contributed by atoms with Crippen LogP contribution in [-0.2, 0) is 11.3 Å². The molecule has 0 atom stereocenters. The van der Waals surface area contributed by atoms with Crippen molar-refractivity contribution in [2.75, 3.05) is 46.0 Å². The Balaban J connectivity index is 1.76. The molecule has 0 bridgehead atoms. The molecule has 1 saturated heterocycles. The lowest BCUT2D eigenvalue weighted by molar-refractivity contribution is 0.0394. The van der Waals surface area contributed by atoms with Crippen molar-refractivity contribution in [1.29, 1.82) is 0 Å². The molecule has 31 heavy (non-hydrogen) atoms. The summed E-state index contributed by atoms with van der Waals surface area (Å²) in [5.41, 5.74) is 0.947. The van der Waals surface area contributed by atoms with Crippen molar-refractivity contribution in [3.05, 3.63) is 39.8 Å². The minimum Gasteiger partial charge on any atom is -0.507 e. The minimum atomic E-state index is -0.307. The number of phenolic OH excluding ortho intramolecular Hbond substituents is 2. The molecule has 1 fully saturated rings. The third-order valence-corrected chi connectivity index (χ3v) is 5.94. The van der Waals surface area contributed by atoms with E-state index in [1.807, 2.05) is 12.1 Å². The fourth-order valence-electron chi connectivity index (χ4n) is 4.46. The molecule has 0 saturated carbocycles. The predicted octanol–water partition coefficient (Wildman–Crippen LogP) is 0.710. The number of rotatable bonds is 5. The topological polar surface area (TPSA) is 123 Å². The maximum atomic E-state index is 12.7. The molecule has 4 N–H and O–H groups in total. The van der Waals surface area contributed by atoms with Gasteiger partial charge in [0, 0.05) is 25.0 Å². The van der Waals surface area contributed by atoms with E-state index in [0.717, 1.165) is 38.4 Å². The van der Waals surface area contributed by atoms with Gasteiger partial charge in [-0.25, -0.2) is 0 Å². The molecular weight excluding hydrogens is 400 g/mol. The average Bonchev–Trinajstić information content (AvgIpc) is 3.13. The first kappa shape index (κ1) is 19.8. The number of hydrogen-bond donors (Lipinski definition) is 4. The number of nitrogens with zero attached hydrogens (tertiary/aromatic N) is 3. The zero-order valence-corrected chi connectivity index (χ0v) is 17.0. The number of nitrogens with one attached hydrogen (secondary N) is 1. The first-order valence-electron chi connectivity index (χ1n) is 10.4. The van der Waals surface area contributed by atoms with Gasteiger partial charge in [-0.15, -0.1) is 0 Å². The normalized spacial score (nSPS) is 16.2. The van der Waals surface area contributed by atoms with Gasteiger partial charge >= 0.3 is 0 Å². The summed E-state index contributed by atoms with van der Waals surface area (Å²) in [6, 6.07) is 6.27. The Hall–Kier alpha value is -3.14. The van der Waals surface area contributed by atoms with Crippen LogP contribution in [0.15, 0.2) is 34.1 Å². The number of H-pyrrole nitrogens is 1. The molecule has 1 aromatic heterocycles. The number of aromatic hydroxyl groups is 2. The molecule has 0 aliphatic carbocycles. The van der Waals surface area contributed by atoms with Crippen LogP contribution in [0.25, 0.3) is 32.6 Å². The summed E-state index contributed by atoms with van der Waals surface area (Å²) in [4.78, 5) is 19.7. The Labute approximate surface area is 176 Å². The van der Waals surface area contributed by atoms with Crippen LogP contribution in [-0.4, -0.2) is 76.0 Å². The number of phenols is 2.